The molecule has 2 heterocycles. The first-order valence-electron chi connectivity index (χ1n) is 11.9. The summed E-state index contributed by atoms with van der Waals surface area (Å²) < 4.78 is 6.69. The summed E-state index contributed by atoms with van der Waals surface area (Å²) in [6, 6.07) is 18.1. The van der Waals surface area contributed by atoms with Crippen LogP contribution < -0.4 is 9.64 Å². The van der Waals surface area contributed by atoms with Crippen molar-refractivity contribution in [3.05, 3.63) is 93.0 Å². The average Bonchev–Trinajstić information content (AvgIpc) is 3.30. The molecular weight excluding hydrogens is 390 g/mol. The van der Waals surface area contributed by atoms with E-state index in [2.05, 4.69) is 102 Å². The second-order valence-electron chi connectivity index (χ2n) is 10.6. The van der Waals surface area contributed by atoms with Gasteiger partial charge in [0.2, 0.25) is 0 Å². The quantitative estimate of drug-likeness (QED) is 0.429. The molecule has 32 heavy (non-hydrogen) atoms. The van der Waals surface area contributed by atoms with E-state index < -0.39 is 0 Å². The zero-order chi connectivity index (χ0) is 22.8. The van der Waals surface area contributed by atoms with Gasteiger partial charge in [-0.1, -0.05) is 62.4 Å². The molecule has 1 atom stereocenters. The second kappa shape index (κ2) is 7.40. The lowest BCUT2D eigenvalue weighted by Gasteiger charge is -2.29. The van der Waals surface area contributed by atoms with Crippen molar-refractivity contribution in [3.8, 4) is 5.75 Å². The summed E-state index contributed by atoms with van der Waals surface area (Å²) in [4.78, 5) is 2.56. The Bertz CT molecular complexity index is 1160. The molecule has 166 valence electrons. The summed E-state index contributed by atoms with van der Waals surface area (Å²) in [5.41, 5.74) is 12.1. The van der Waals surface area contributed by atoms with Crippen molar-refractivity contribution >= 4 is 5.69 Å². The van der Waals surface area contributed by atoms with E-state index in [1.54, 1.807) is 0 Å². The van der Waals surface area contributed by atoms with Gasteiger partial charge in [0.05, 0.1) is 5.92 Å². The van der Waals surface area contributed by atoms with E-state index in [0.717, 1.165) is 18.8 Å². The van der Waals surface area contributed by atoms with Gasteiger partial charge in [-0.2, -0.15) is 0 Å². The van der Waals surface area contributed by atoms with Crippen LogP contribution in [0.1, 0.15) is 84.0 Å². The minimum Gasteiger partial charge on any atom is -0.486 e. The highest BCUT2D eigenvalue weighted by atomic mass is 16.5. The molecule has 1 unspecified atom stereocenters. The van der Waals surface area contributed by atoms with Crippen LogP contribution in [0.25, 0.3) is 0 Å². The van der Waals surface area contributed by atoms with Crippen molar-refractivity contribution < 1.29 is 4.74 Å². The first-order valence-corrected chi connectivity index (χ1v) is 11.9. The van der Waals surface area contributed by atoms with Crippen LogP contribution in [-0.4, -0.2) is 5.60 Å². The molecule has 0 saturated heterocycles. The Morgan fingerprint density at radius 1 is 0.844 bits per heavy atom. The van der Waals surface area contributed by atoms with Gasteiger partial charge in [-0.25, -0.2) is 0 Å². The summed E-state index contributed by atoms with van der Waals surface area (Å²) in [5.74, 6) is 1.87. The molecule has 0 fully saturated rings. The molecule has 5 rings (SSSR count). The van der Waals surface area contributed by atoms with Gasteiger partial charge in [-0.15, -0.1) is 0 Å². The first-order chi connectivity index (χ1) is 15.2. The van der Waals surface area contributed by atoms with Crippen molar-refractivity contribution in [2.45, 2.75) is 79.0 Å². The molecule has 2 aliphatic rings. The standard InChI is InChI=1S/C30H35NO/c1-18(2)22-12-14-23(15-13-22)27-26-21(5)28(19(3)20(4)29(26)32-30(27,6)7)31-16-24-10-8-9-11-25(24)17-31/h8-15,18,27H,16-17H2,1-7H3. The maximum atomic E-state index is 6.69. The van der Waals surface area contributed by atoms with Crippen molar-refractivity contribution in [1.82, 2.24) is 0 Å². The lowest BCUT2D eigenvalue weighted by molar-refractivity contribution is 0.121. The zero-order valence-electron chi connectivity index (χ0n) is 20.5. The molecule has 0 aromatic heterocycles. The van der Waals surface area contributed by atoms with E-state index in [9.17, 15) is 0 Å². The molecule has 2 aliphatic heterocycles. The van der Waals surface area contributed by atoms with Crippen LogP contribution in [0, 0.1) is 20.8 Å². The minimum absolute atomic E-state index is 0.224. The van der Waals surface area contributed by atoms with E-state index in [0.29, 0.717) is 5.92 Å². The van der Waals surface area contributed by atoms with Gasteiger partial charge in [-0.3, -0.25) is 0 Å². The molecule has 2 nitrogen and oxygen atoms in total. The van der Waals surface area contributed by atoms with Gasteiger partial charge >= 0.3 is 0 Å². The largest absolute Gasteiger partial charge is 0.486 e. The SMILES string of the molecule is Cc1c(C)c(N2Cc3ccccc3C2)c(C)c2c1OC(C)(C)C2c1ccc(C(C)C)cc1. The van der Waals surface area contributed by atoms with Crippen LogP contribution >= 0.6 is 0 Å². The lowest BCUT2D eigenvalue weighted by atomic mass is 9.78. The highest BCUT2D eigenvalue weighted by Crippen LogP contribution is 2.54. The summed E-state index contributed by atoms with van der Waals surface area (Å²) in [6.45, 7) is 17.8. The van der Waals surface area contributed by atoms with Gasteiger partial charge in [0, 0.05) is 24.3 Å². The highest BCUT2D eigenvalue weighted by molar-refractivity contribution is 5.73. The molecule has 3 aromatic rings. The van der Waals surface area contributed by atoms with Gasteiger partial charge in [-0.05, 0) is 79.5 Å². The Balaban J connectivity index is 1.64. The van der Waals surface area contributed by atoms with Crippen LogP contribution in [0.15, 0.2) is 48.5 Å². The number of fused-ring (bicyclic) bond motifs is 2. The van der Waals surface area contributed by atoms with Crippen LogP contribution in [0.4, 0.5) is 5.69 Å². The Kier molecular flexibility index (Phi) is 4.89. The maximum absolute atomic E-state index is 6.69. The fraction of sp³-hybridized carbons (Fsp3) is 0.400. The van der Waals surface area contributed by atoms with E-state index in [1.165, 1.54) is 50.2 Å². The smallest absolute Gasteiger partial charge is 0.127 e. The van der Waals surface area contributed by atoms with Crippen LogP contribution in [0.3, 0.4) is 0 Å². The monoisotopic (exact) mass is 425 g/mol. The third-order valence-electron chi connectivity index (χ3n) is 7.70. The molecular formula is C30H35NO. The molecule has 0 N–H and O–H groups in total. The minimum atomic E-state index is -0.282. The summed E-state index contributed by atoms with van der Waals surface area (Å²) in [5, 5.41) is 0. The third kappa shape index (κ3) is 3.15. The van der Waals surface area contributed by atoms with Gasteiger partial charge in [0.15, 0.2) is 0 Å². The second-order valence-corrected chi connectivity index (χ2v) is 10.6. The summed E-state index contributed by atoms with van der Waals surface area (Å²) in [6.07, 6.45) is 0. The first kappa shape index (κ1) is 21.1. The zero-order valence-corrected chi connectivity index (χ0v) is 20.5. The number of nitrogens with zero attached hydrogens (tertiary/aromatic N) is 1. The van der Waals surface area contributed by atoms with Crippen molar-refractivity contribution in [2.24, 2.45) is 0 Å². The molecule has 3 aromatic carbocycles. The Morgan fingerprint density at radius 3 is 2.00 bits per heavy atom. The molecule has 0 spiro atoms. The van der Waals surface area contributed by atoms with Crippen molar-refractivity contribution in [1.29, 1.82) is 0 Å². The lowest BCUT2D eigenvalue weighted by Crippen LogP contribution is -2.31. The van der Waals surface area contributed by atoms with Crippen LogP contribution in [0.5, 0.6) is 5.75 Å². The number of hydrogen-bond donors (Lipinski definition) is 0. The van der Waals surface area contributed by atoms with Gasteiger partial charge < -0.3 is 9.64 Å². The van der Waals surface area contributed by atoms with E-state index in [1.807, 2.05) is 0 Å². The summed E-state index contributed by atoms with van der Waals surface area (Å²) in [7, 11) is 0. The van der Waals surface area contributed by atoms with Crippen molar-refractivity contribution in [2.75, 3.05) is 4.90 Å². The number of benzene rings is 3. The Morgan fingerprint density at radius 2 is 1.44 bits per heavy atom. The van der Waals surface area contributed by atoms with Gasteiger partial charge in [0.1, 0.15) is 11.4 Å². The topological polar surface area (TPSA) is 12.5 Å². The normalized spacial score (nSPS) is 18.6. The van der Waals surface area contributed by atoms with E-state index >= 15 is 0 Å². The molecule has 0 amide bonds. The Labute approximate surface area is 193 Å². The van der Waals surface area contributed by atoms with Crippen LogP contribution in [-0.2, 0) is 13.1 Å². The number of anilines is 1. The van der Waals surface area contributed by atoms with Crippen molar-refractivity contribution in [3.63, 3.8) is 0 Å². The molecule has 0 saturated carbocycles. The number of rotatable bonds is 3. The van der Waals surface area contributed by atoms with E-state index in [4.69, 9.17) is 4.74 Å². The van der Waals surface area contributed by atoms with E-state index in [-0.39, 0.29) is 11.5 Å². The fourth-order valence-electron chi connectivity index (χ4n) is 5.88. The predicted molar refractivity (Wildman–Crippen MR) is 134 cm³/mol. The highest BCUT2D eigenvalue weighted by Gasteiger charge is 2.45. The van der Waals surface area contributed by atoms with Gasteiger partial charge in [0.25, 0.3) is 0 Å². The average molecular weight is 426 g/mol. The Hall–Kier alpha value is -2.74. The maximum Gasteiger partial charge on any atom is 0.127 e. The molecule has 0 radical (unpaired) electrons. The molecule has 0 aliphatic carbocycles. The number of ether oxygens (including phenoxy) is 1. The third-order valence-corrected chi connectivity index (χ3v) is 7.70. The molecule has 2 heteroatoms. The van der Waals surface area contributed by atoms with Crippen LogP contribution in [0.2, 0.25) is 0 Å². The summed E-state index contributed by atoms with van der Waals surface area (Å²) >= 11 is 0. The molecule has 0 bridgehead atoms. The predicted octanol–water partition coefficient (Wildman–Crippen LogP) is 7.56. The fourth-order valence-corrected chi connectivity index (χ4v) is 5.88. The number of hydrogen-bond acceptors (Lipinski definition) is 2.